The monoisotopic (exact) mass is 750 g/mol. The minimum absolute atomic E-state index is 0.0165. The maximum absolute atomic E-state index is 14.5. The van der Waals surface area contributed by atoms with Crippen LogP contribution in [0.25, 0.3) is 4.85 Å². The van der Waals surface area contributed by atoms with Crippen LogP contribution in [0.2, 0.25) is 0 Å². The Balaban J connectivity index is 1.24. The molecule has 0 unspecified atom stereocenters. The molecular formula is C38H47FN6O7S. The van der Waals surface area contributed by atoms with Gasteiger partial charge in [0.15, 0.2) is 0 Å². The van der Waals surface area contributed by atoms with E-state index in [1.54, 1.807) is 38.1 Å². The van der Waals surface area contributed by atoms with Crippen LogP contribution in [0.15, 0.2) is 42.5 Å². The Kier molecular flexibility index (Phi) is 10.2. The molecule has 2 aliphatic carbocycles. The fourth-order valence-electron chi connectivity index (χ4n) is 7.32. The van der Waals surface area contributed by atoms with Gasteiger partial charge in [-0.2, -0.15) is 0 Å². The zero-order valence-corrected chi connectivity index (χ0v) is 31.5. The van der Waals surface area contributed by atoms with Crippen LogP contribution in [0, 0.1) is 24.2 Å². The van der Waals surface area contributed by atoms with Crippen molar-refractivity contribution in [1.29, 1.82) is 0 Å². The first-order valence-electron chi connectivity index (χ1n) is 18.2. The minimum Gasteiger partial charge on any atom is -0.444 e. The molecule has 2 aliphatic heterocycles. The van der Waals surface area contributed by atoms with Crippen LogP contribution in [-0.2, 0) is 47.8 Å². The molecule has 4 amide bonds. The van der Waals surface area contributed by atoms with Gasteiger partial charge >= 0.3 is 6.09 Å². The van der Waals surface area contributed by atoms with Gasteiger partial charge in [-0.3, -0.25) is 24.0 Å². The number of nitrogens with one attached hydrogen (secondary N) is 3. The number of likely N-dealkylation sites (tertiary alicyclic amines) is 1. The van der Waals surface area contributed by atoms with Crippen molar-refractivity contribution in [2.45, 2.75) is 114 Å². The molecule has 2 aromatic rings. The van der Waals surface area contributed by atoms with Gasteiger partial charge in [-0.15, -0.1) is 0 Å². The molecule has 3 fully saturated rings. The molecule has 4 aliphatic rings. The molecule has 2 aromatic carbocycles. The summed E-state index contributed by atoms with van der Waals surface area (Å²) < 4.78 is 47.9. The van der Waals surface area contributed by atoms with E-state index >= 15 is 0 Å². The number of benzene rings is 2. The van der Waals surface area contributed by atoms with E-state index in [9.17, 15) is 32.0 Å². The highest BCUT2D eigenvalue weighted by molar-refractivity contribution is 7.91. The van der Waals surface area contributed by atoms with Gasteiger partial charge in [0.25, 0.3) is 11.4 Å². The van der Waals surface area contributed by atoms with E-state index in [0.717, 1.165) is 5.56 Å². The van der Waals surface area contributed by atoms with Crippen LogP contribution in [-0.4, -0.2) is 77.6 Å². The van der Waals surface area contributed by atoms with E-state index in [-0.39, 0.29) is 44.3 Å². The zero-order chi connectivity index (χ0) is 38.5. The summed E-state index contributed by atoms with van der Waals surface area (Å²) in [5.41, 5.74) is 0.164. The number of carbonyl (C=O) groups excluding carboxylic acids is 4. The summed E-state index contributed by atoms with van der Waals surface area (Å²) in [6, 6.07) is 9.88. The average molecular weight is 751 g/mol. The molecule has 284 valence electrons. The van der Waals surface area contributed by atoms with Crippen LogP contribution in [0.4, 0.5) is 14.9 Å². The predicted molar refractivity (Wildman–Crippen MR) is 194 cm³/mol. The van der Waals surface area contributed by atoms with Crippen LogP contribution < -0.4 is 15.4 Å². The Morgan fingerprint density at radius 3 is 2.45 bits per heavy atom. The van der Waals surface area contributed by atoms with Crippen molar-refractivity contribution in [3.63, 3.8) is 0 Å². The molecular weight excluding hydrogens is 704 g/mol. The lowest BCUT2D eigenvalue weighted by Gasteiger charge is -2.32. The number of rotatable bonds is 12. The van der Waals surface area contributed by atoms with Gasteiger partial charge in [-0.05, 0) is 54.9 Å². The lowest BCUT2D eigenvalue weighted by atomic mass is 9.94. The summed E-state index contributed by atoms with van der Waals surface area (Å²) in [6.07, 6.45) is -0.0368. The molecule has 13 nitrogen and oxygen atoms in total. The van der Waals surface area contributed by atoms with Gasteiger partial charge < -0.3 is 25.1 Å². The normalized spacial score (nSPS) is 24.2. The van der Waals surface area contributed by atoms with E-state index in [1.807, 2.05) is 32.9 Å². The van der Waals surface area contributed by atoms with E-state index in [4.69, 9.17) is 11.3 Å². The van der Waals surface area contributed by atoms with Crippen molar-refractivity contribution in [3.05, 3.63) is 76.4 Å². The fourth-order valence-corrected chi connectivity index (χ4v) is 8.69. The molecule has 0 spiro atoms. The van der Waals surface area contributed by atoms with Gasteiger partial charge in [-0.1, -0.05) is 51.5 Å². The molecule has 2 heterocycles. The van der Waals surface area contributed by atoms with Crippen molar-refractivity contribution in [2.24, 2.45) is 11.8 Å². The number of amides is 4. The Morgan fingerprint density at radius 2 is 1.83 bits per heavy atom. The van der Waals surface area contributed by atoms with Crippen LogP contribution in [0.5, 0.6) is 0 Å². The second-order valence-electron chi connectivity index (χ2n) is 15.5. The number of halogens is 1. The Morgan fingerprint density at radius 1 is 1.11 bits per heavy atom. The molecule has 1 saturated heterocycles. The lowest BCUT2D eigenvalue weighted by Crippen LogP contribution is -2.58. The van der Waals surface area contributed by atoms with Gasteiger partial charge in [0.1, 0.15) is 29.5 Å². The Hall–Kier alpha value is -4.71. The highest BCUT2D eigenvalue weighted by Gasteiger charge is 2.62. The van der Waals surface area contributed by atoms with Crippen molar-refractivity contribution in [2.75, 3.05) is 11.9 Å². The second-order valence-corrected chi connectivity index (χ2v) is 17.5. The number of sulfonamides is 1. The van der Waals surface area contributed by atoms with E-state index in [0.29, 0.717) is 36.1 Å². The molecule has 53 heavy (non-hydrogen) atoms. The standard InChI is InChI=1S/C38H47FN6O7S/c1-7-24-18-38(24,35(48)43-53(50,51)28-14-15-28)42-33(46)31-17-27(52-36(49)44-19-23-10-8-13-30(39)29(23)21-44)20-45(31)34(47)32(22(2)3)41-26-12-9-11-25(16-26)37(4,5)40-6/h8-13,16,22,24,27-28,31-32,41H,7,14-15,17-21H2,1-5H3,(H,42,46)(H,43,48)/t24-,27-,31+,32+,38-/m1/s1. The minimum atomic E-state index is -3.88. The molecule has 0 aromatic heterocycles. The molecule has 0 bridgehead atoms. The third-order valence-electron chi connectivity index (χ3n) is 11.0. The summed E-state index contributed by atoms with van der Waals surface area (Å²) >= 11 is 0. The van der Waals surface area contributed by atoms with Gasteiger partial charge in [0.2, 0.25) is 21.8 Å². The molecule has 2 saturated carbocycles. The van der Waals surface area contributed by atoms with Crippen LogP contribution >= 0.6 is 0 Å². The van der Waals surface area contributed by atoms with Crippen molar-refractivity contribution in [1.82, 2.24) is 19.8 Å². The number of carbonyl (C=O) groups is 4. The molecule has 0 radical (unpaired) electrons. The Bertz CT molecular complexity index is 1960. The quantitative estimate of drug-likeness (QED) is 0.269. The first-order valence-corrected chi connectivity index (χ1v) is 19.7. The highest BCUT2D eigenvalue weighted by atomic mass is 32.2. The number of anilines is 1. The predicted octanol–water partition coefficient (Wildman–Crippen LogP) is 4.43. The van der Waals surface area contributed by atoms with Crippen molar-refractivity contribution in [3.8, 4) is 0 Å². The molecule has 6 rings (SSSR count). The maximum Gasteiger partial charge on any atom is 0.410 e. The molecule has 5 atom stereocenters. The van der Waals surface area contributed by atoms with Gasteiger partial charge in [0.05, 0.1) is 18.3 Å². The summed E-state index contributed by atoms with van der Waals surface area (Å²) in [6.45, 7) is 16.8. The maximum atomic E-state index is 14.5. The summed E-state index contributed by atoms with van der Waals surface area (Å²) in [5.74, 6) is -2.91. The highest BCUT2D eigenvalue weighted by Crippen LogP contribution is 2.47. The topological polar surface area (TPSA) is 159 Å². The lowest BCUT2D eigenvalue weighted by molar-refractivity contribution is -0.140. The molecule has 3 N–H and O–H groups in total. The molecule has 15 heteroatoms. The van der Waals surface area contributed by atoms with E-state index in [2.05, 4.69) is 20.2 Å². The summed E-state index contributed by atoms with van der Waals surface area (Å²) in [4.78, 5) is 62.0. The summed E-state index contributed by atoms with van der Waals surface area (Å²) in [7, 11) is -3.88. The van der Waals surface area contributed by atoms with E-state index in [1.165, 1.54) is 15.9 Å². The average Bonchev–Trinajstić information content (AvgIpc) is 4.01. The number of nitrogens with zero attached hydrogens (tertiary/aromatic N) is 3. The number of fused-ring (bicyclic) bond motifs is 1. The van der Waals surface area contributed by atoms with E-state index < -0.39 is 74.2 Å². The van der Waals surface area contributed by atoms with Gasteiger partial charge in [0, 0.05) is 43.6 Å². The van der Waals surface area contributed by atoms with Crippen molar-refractivity contribution < 1.29 is 36.7 Å². The smallest absolute Gasteiger partial charge is 0.410 e. The zero-order valence-electron chi connectivity index (χ0n) is 30.6. The SMILES string of the molecule is [C-]#[N+]C(C)(C)c1cccc(N[C@H](C(=O)N2C[C@H](OC(=O)N3Cc4cccc(F)c4C3)C[C@H]2C(=O)N[C@]2(C(=O)NS(=O)(=O)C3CC3)C[C@H]2CC)C(C)C)c1. The van der Waals surface area contributed by atoms with Crippen LogP contribution in [0.1, 0.15) is 83.4 Å². The summed E-state index contributed by atoms with van der Waals surface area (Å²) in [5, 5.41) is 5.48. The van der Waals surface area contributed by atoms with Crippen molar-refractivity contribution >= 4 is 39.5 Å². The number of ether oxygens (including phenoxy) is 1. The number of hydrogen-bond donors (Lipinski definition) is 3. The third kappa shape index (κ3) is 7.69. The third-order valence-corrected chi connectivity index (χ3v) is 12.8. The largest absolute Gasteiger partial charge is 0.444 e. The number of hydrogen-bond acceptors (Lipinski definition) is 8. The second kappa shape index (κ2) is 14.3. The Labute approximate surface area is 309 Å². The fraction of sp³-hybridized carbons (Fsp3) is 0.553. The van der Waals surface area contributed by atoms with Crippen LogP contribution in [0.3, 0.4) is 0 Å². The van der Waals surface area contributed by atoms with Gasteiger partial charge in [-0.25, -0.2) is 24.2 Å². The first-order chi connectivity index (χ1) is 25.0. The first kappa shape index (κ1) is 38.0.